The van der Waals surface area contributed by atoms with Gasteiger partial charge in [-0.25, -0.2) is 4.39 Å². The predicted molar refractivity (Wildman–Crippen MR) is 124 cm³/mol. The van der Waals surface area contributed by atoms with E-state index in [4.69, 9.17) is 14.2 Å². The molecule has 160 valence electrons. The van der Waals surface area contributed by atoms with E-state index in [-0.39, 0.29) is 41.6 Å². The molecule has 2 N–H and O–H groups in total. The SMILES string of the molecule is CCOc1ccc(CNC(=NC)NC(C)c2cc(OC)ccc2OC)cc1F.I. The number of guanidine groups is 1. The van der Waals surface area contributed by atoms with E-state index < -0.39 is 0 Å². The fourth-order valence-electron chi connectivity index (χ4n) is 2.77. The molecular formula is C21H29FIN3O3. The number of aliphatic imine (C=N–C) groups is 1. The first-order valence-electron chi connectivity index (χ1n) is 9.12. The summed E-state index contributed by atoms with van der Waals surface area (Å²) in [7, 11) is 4.94. The largest absolute Gasteiger partial charge is 0.497 e. The molecule has 0 amide bonds. The summed E-state index contributed by atoms with van der Waals surface area (Å²) in [6, 6.07) is 10.5. The van der Waals surface area contributed by atoms with Crippen molar-refractivity contribution in [3.8, 4) is 17.2 Å². The van der Waals surface area contributed by atoms with E-state index in [0.717, 1.165) is 22.6 Å². The first-order chi connectivity index (χ1) is 13.5. The minimum atomic E-state index is -0.376. The minimum absolute atomic E-state index is 0. The van der Waals surface area contributed by atoms with Crippen molar-refractivity contribution in [1.82, 2.24) is 10.6 Å². The van der Waals surface area contributed by atoms with E-state index in [9.17, 15) is 4.39 Å². The second-order valence-electron chi connectivity index (χ2n) is 6.10. The predicted octanol–water partition coefficient (Wildman–Crippen LogP) is 4.29. The molecule has 0 fully saturated rings. The fourth-order valence-corrected chi connectivity index (χ4v) is 2.77. The number of hydrogen-bond acceptors (Lipinski definition) is 4. The van der Waals surface area contributed by atoms with Crippen LogP contribution >= 0.6 is 24.0 Å². The van der Waals surface area contributed by atoms with Gasteiger partial charge in [-0.3, -0.25) is 4.99 Å². The summed E-state index contributed by atoms with van der Waals surface area (Å²) in [4.78, 5) is 4.24. The summed E-state index contributed by atoms with van der Waals surface area (Å²) in [6.07, 6.45) is 0. The van der Waals surface area contributed by atoms with Crippen LogP contribution in [0.3, 0.4) is 0 Å². The van der Waals surface area contributed by atoms with Crippen LogP contribution in [0.15, 0.2) is 41.4 Å². The average molecular weight is 517 g/mol. The fraction of sp³-hybridized carbons (Fsp3) is 0.381. The maximum atomic E-state index is 14.0. The molecule has 0 bridgehead atoms. The van der Waals surface area contributed by atoms with Crippen LogP contribution in [-0.4, -0.2) is 33.8 Å². The molecule has 0 radical (unpaired) electrons. The van der Waals surface area contributed by atoms with Gasteiger partial charge in [0.25, 0.3) is 0 Å². The van der Waals surface area contributed by atoms with Crippen LogP contribution in [0.25, 0.3) is 0 Å². The Kier molecular flexibility index (Phi) is 10.6. The number of hydrogen-bond donors (Lipinski definition) is 2. The lowest BCUT2D eigenvalue weighted by atomic mass is 10.1. The normalized spacial score (nSPS) is 11.9. The second kappa shape index (κ2) is 12.4. The lowest BCUT2D eigenvalue weighted by molar-refractivity contribution is 0.321. The van der Waals surface area contributed by atoms with Crippen molar-refractivity contribution < 1.29 is 18.6 Å². The zero-order valence-corrected chi connectivity index (χ0v) is 19.7. The number of halogens is 2. The van der Waals surface area contributed by atoms with Crippen molar-refractivity contribution in [3.63, 3.8) is 0 Å². The Hall–Kier alpha value is -2.23. The van der Waals surface area contributed by atoms with Gasteiger partial charge in [0.05, 0.1) is 26.9 Å². The van der Waals surface area contributed by atoms with E-state index in [2.05, 4.69) is 15.6 Å². The molecule has 0 aliphatic rings. The van der Waals surface area contributed by atoms with Crippen molar-refractivity contribution in [2.45, 2.75) is 26.4 Å². The third kappa shape index (κ3) is 6.95. The van der Waals surface area contributed by atoms with E-state index in [1.165, 1.54) is 6.07 Å². The van der Waals surface area contributed by atoms with Crippen molar-refractivity contribution in [1.29, 1.82) is 0 Å². The standard InChI is InChI=1S/C21H28FN3O3.HI/c1-6-28-20-9-7-15(11-18(20)22)13-24-21(23-3)25-14(2)17-12-16(26-4)8-10-19(17)27-5;/h7-12,14H,6,13H2,1-5H3,(H2,23,24,25);1H. The Morgan fingerprint density at radius 3 is 2.41 bits per heavy atom. The molecule has 29 heavy (non-hydrogen) atoms. The summed E-state index contributed by atoms with van der Waals surface area (Å²) < 4.78 is 30.0. The Bertz CT molecular complexity index is 818. The highest BCUT2D eigenvalue weighted by molar-refractivity contribution is 14.0. The molecule has 0 saturated heterocycles. The molecule has 2 rings (SSSR count). The number of nitrogens with one attached hydrogen (secondary N) is 2. The van der Waals surface area contributed by atoms with E-state index in [1.54, 1.807) is 27.3 Å². The number of nitrogens with zero attached hydrogens (tertiary/aromatic N) is 1. The zero-order valence-electron chi connectivity index (χ0n) is 17.4. The molecule has 0 heterocycles. The molecule has 0 aliphatic carbocycles. The summed E-state index contributed by atoms with van der Waals surface area (Å²) in [5, 5.41) is 6.50. The van der Waals surface area contributed by atoms with E-state index in [0.29, 0.717) is 19.1 Å². The number of ether oxygens (including phenoxy) is 3. The molecule has 0 spiro atoms. The van der Waals surface area contributed by atoms with Crippen molar-refractivity contribution >= 4 is 29.9 Å². The Balaban J connectivity index is 0.00000420. The highest BCUT2D eigenvalue weighted by Gasteiger charge is 2.14. The lowest BCUT2D eigenvalue weighted by Gasteiger charge is -2.21. The maximum absolute atomic E-state index is 14.0. The highest BCUT2D eigenvalue weighted by atomic mass is 127. The Morgan fingerprint density at radius 1 is 1.10 bits per heavy atom. The highest BCUT2D eigenvalue weighted by Crippen LogP contribution is 2.29. The Labute approximate surface area is 188 Å². The smallest absolute Gasteiger partial charge is 0.191 e. The molecular weight excluding hydrogens is 488 g/mol. The van der Waals surface area contributed by atoms with Gasteiger partial charge < -0.3 is 24.8 Å². The average Bonchev–Trinajstić information content (AvgIpc) is 2.72. The molecule has 0 aliphatic heterocycles. The number of methoxy groups -OCH3 is 2. The van der Waals surface area contributed by atoms with Crippen LogP contribution in [0.5, 0.6) is 17.2 Å². The number of benzene rings is 2. The van der Waals surface area contributed by atoms with Gasteiger partial charge in [0.15, 0.2) is 17.5 Å². The van der Waals surface area contributed by atoms with Crippen molar-refractivity contribution in [2.75, 3.05) is 27.9 Å². The lowest BCUT2D eigenvalue weighted by Crippen LogP contribution is -2.38. The van der Waals surface area contributed by atoms with Gasteiger partial charge in [0.2, 0.25) is 0 Å². The summed E-state index contributed by atoms with van der Waals surface area (Å²) in [5.74, 6) is 1.97. The summed E-state index contributed by atoms with van der Waals surface area (Å²) >= 11 is 0. The molecule has 0 aromatic heterocycles. The molecule has 2 aromatic carbocycles. The van der Waals surface area contributed by atoms with Gasteiger partial charge in [-0.05, 0) is 49.7 Å². The summed E-state index contributed by atoms with van der Waals surface area (Å²) in [6.45, 7) is 4.67. The van der Waals surface area contributed by atoms with Crippen LogP contribution in [0.2, 0.25) is 0 Å². The minimum Gasteiger partial charge on any atom is -0.497 e. The topological polar surface area (TPSA) is 64.1 Å². The molecule has 0 saturated carbocycles. The van der Waals surface area contributed by atoms with Crippen LogP contribution in [0, 0.1) is 5.82 Å². The molecule has 8 heteroatoms. The monoisotopic (exact) mass is 517 g/mol. The van der Waals surface area contributed by atoms with Gasteiger partial charge in [0, 0.05) is 19.2 Å². The van der Waals surface area contributed by atoms with Gasteiger partial charge in [0.1, 0.15) is 11.5 Å². The quantitative estimate of drug-likeness (QED) is 0.311. The van der Waals surface area contributed by atoms with Gasteiger partial charge in [-0.15, -0.1) is 24.0 Å². The van der Waals surface area contributed by atoms with Gasteiger partial charge >= 0.3 is 0 Å². The van der Waals surface area contributed by atoms with Gasteiger partial charge in [-0.2, -0.15) is 0 Å². The first-order valence-corrected chi connectivity index (χ1v) is 9.12. The van der Waals surface area contributed by atoms with Crippen LogP contribution in [-0.2, 0) is 6.54 Å². The van der Waals surface area contributed by atoms with E-state index in [1.807, 2.05) is 38.1 Å². The van der Waals surface area contributed by atoms with Gasteiger partial charge in [-0.1, -0.05) is 6.07 Å². The van der Waals surface area contributed by atoms with Crippen LogP contribution < -0.4 is 24.8 Å². The van der Waals surface area contributed by atoms with Crippen LogP contribution in [0.1, 0.15) is 31.0 Å². The van der Waals surface area contributed by atoms with Crippen LogP contribution in [0.4, 0.5) is 4.39 Å². The van der Waals surface area contributed by atoms with E-state index >= 15 is 0 Å². The third-order valence-electron chi connectivity index (χ3n) is 4.24. The Morgan fingerprint density at radius 2 is 1.83 bits per heavy atom. The molecule has 6 nitrogen and oxygen atoms in total. The molecule has 1 unspecified atom stereocenters. The van der Waals surface area contributed by atoms with Crippen molar-refractivity contribution in [3.05, 3.63) is 53.3 Å². The van der Waals surface area contributed by atoms with Crippen molar-refractivity contribution in [2.24, 2.45) is 4.99 Å². The maximum Gasteiger partial charge on any atom is 0.191 e. The second-order valence-corrected chi connectivity index (χ2v) is 6.10. The third-order valence-corrected chi connectivity index (χ3v) is 4.24. The first kappa shape index (κ1) is 24.8. The molecule has 1 atom stereocenters. The number of rotatable bonds is 8. The summed E-state index contributed by atoms with van der Waals surface area (Å²) in [5.41, 5.74) is 1.73. The molecule has 2 aromatic rings. The zero-order chi connectivity index (χ0) is 20.5.